The van der Waals surface area contributed by atoms with Crippen molar-refractivity contribution >= 4 is 34.3 Å². The summed E-state index contributed by atoms with van der Waals surface area (Å²) in [6.45, 7) is 8.99. The second kappa shape index (κ2) is 7.50. The van der Waals surface area contributed by atoms with Crippen LogP contribution in [-0.2, 0) is 27.3 Å². The van der Waals surface area contributed by atoms with E-state index in [0.29, 0.717) is 48.8 Å². The topological polar surface area (TPSA) is 85.3 Å². The molecule has 3 heterocycles. The number of hydrogen-bond donors (Lipinski definition) is 1. The molecule has 0 unspecified atom stereocenters. The van der Waals surface area contributed by atoms with Crippen LogP contribution in [-0.4, -0.2) is 23.6 Å². The number of ketones is 1. The summed E-state index contributed by atoms with van der Waals surface area (Å²) in [6, 6.07) is 2.17. The quantitative estimate of drug-likeness (QED) is 0.687. The fourth-order valence-electron chi connectivity index (χ4n) is 2.90. The molecule has 1 saturated heterocycles. The van der Waals surface area contributed by atoms with E-state index in [4.69, 9.17) is 32.7 Å². The van der Waals surface area contributed by atoms with Gasteiger partial charge in [0, 0.05) is 24.8 Å². The molecule has 0 radical (unpaired) electrons. The Bertz CT molecular complexity index is 776. The molecule has 0 aliphatic carbocycles. The van der Waals surface area contributed by atoms with Gasteiger partial charge in [0.05, 0.1) is 33.8 Å². The van der Waals surface area contributed by atoms with Crippen molar-refractivity contribution < 1.29 is 14.3 Å². The summed E-state index contributed by atoms with van der Waals surface area (Å²) in [6.07, 6.45) is 1.86. The van der Waals surface area contributed by atoms with Crippen molar-refractivity contribution in [3.8, 4) is 6.07 Å². The number of Topliss-reactive ketones (excluding diaryl/α,β-unsaturated/α-hetero) is 1. The molecular formula is C18H24N2O3S2. The first-order valence-electron chi connectivity index (χ1n) is 8.19. The molecular weight excluding hydrogens is 356 g/mol. The first kappa shape index (κ1) is 20.0. The van der Waals surface area contributed by atoms with Crippen LogP contribution >= 0.6 is 23.6 Å². The lowest BCUT2D eigenvalue weighted by Crippen LogP contribution is -2.33. The molecule has 3 rings (SSSR count). The normalized spacial score (nSPS) is 20.7. The highest BCUT2D eigenvalue weighted by atomic mass is 32.1. The highest BCUT2D eigenvalue weighted by molar-refractivity contribution is 7.73. The van der Waals surface area contributed by atoms with E-state index in [1.165, 1.54) is 11.3 Å². The second-order valence-corrected chi connectivity index (χ2v) is 9.22. The number of nitrogens with two attached hydrogens (primary N) is 1. The molecule has 2 aliphatic heterocycles. The zero-order valence-corrected chi connectivity index (χ0v) is 16.7. The highest BCUT2D eigenvalue weighted by Gasteiger charge is 2.30. The average molecular weight is 381 g/mol. The van der Waals surface area contributed by atoms with E-state index in [0.717, 1.165) is 15.0 Å². The number of hydrogen-bond acceptors (Lipinski definition) is 7. The largest absolute Gasteiger partial charge is 0.389 e. The van der Waals surface area contributed by atoms with Crippen molar-refractivity contribution in [1.29, 1.82) is 5.26 Å². The first-order valence-corrected chi connectivity index (χ1v) is 9.41. The summed E-state index contributed by atoms with van der Waals surface area (Å²) in [7, 11) is 0. The van der Waals surface area contributed by atoms with Gasteiger partial charge in [-0.15, -0.1) is 11.3 Å². The van der Waals surface area contributed by atoms with Crippen molar-refractivity contribution in [1.82, 2.24) is 0 Å². The summed E-state index contributed by atoms with van der Waals surface area (Å²) in [5, 5.41) is 9.65. The molecule has 136 valence electrons. The molecule has 7 heteroatoms. The minimum Gasteiger partial charge on any atom is -0.389 e. The van der Waals surface area contributed by atoms with Gasteiger partial charge >= 0.3 is 0 Å². The standard InChI is InChI=1S/C11H12N2OS2.C7H12O2/c1-11(2)3-6-7(4-12)9(13)16-10(15)8(6)5-14-11;1-7(2)5-6(8)3-4-9-7/h3,5,13H2,1-2H3;3-5H2,1-2H3. The van der Waals surface area contributed by atoms with E-state index in [1.54, 1.807) is 0 Å². The van der Waals surface area contributed by atoms with Gasteiger partial charge in [-0.25, -0.2) is 0 Å². The molecule has 0 amide bonds. The molecule has 0 bridgehead atoms. The Morgan fingerprint density at radius 2 is 1.80 bits per heavy atom. The Morgan fingerprint density at radius 1 is 1.16 bits per heavy atom. The van der Waals surface area contributed by atoms with Gasteiger partial charge in [0.2, 0.25) is 0 Å². The summed E-state index contributed by atoms with van der Waals surface area (Å²) in [5.41, 5.74) is 7.89. The molecule has 2 N–H and O–H groups in total. The number of ether oxygens (including phenoxy) is 2. The maximum absolute atomic E-state index is 10.8. The average Bonchev–Trinajstić information content (AvgIpc) is 2.45. The summed E-state index contributed by atoms with van der Waals surface area (Å²) >= 11 is 6.55. The first-order chi connectivity index (χ1) is 11.5. The minimum absolute atomic E-state index is 0.199. The van der Waals surface area contributed by atoms with Crippen LogP contribution in [0.1, 0.15) is 57.2 Å². The number of nitriles is 1. The predicted octanol–water partition coefficient (Wildman–Crippen LogP) is 3.93. The summed E-state index contributed by atoms with van der Waals surface area (Å²) < 4.78 is 11.8. The van der Waals surface area contributed by atoms with Crippen LogP contribution in [0.15, 0.2) is 0 Å². The number of nitrogens with zero attached hydrogens (tertiary/aromatic N) is 1. The molecule has 2 aliphatic rings. The van der Waals surface area contributed by atoms with Crippen molar-refractivity contribution in [2.45, 2.75) is 64.8 Å². The fourth-order valence-corrected chi connectivity index (χ4v) is 4.13. The lowest BCUT2D eigenvalue weighted by atomic mass is 9.91. The zero-order valence-electron chi connectivity index (χ0n) is 15.1. The van der Waals surface area contributed by atoms with Gasteiger partial charge in [0.25, 0.3) is 0 Å². The Balaban J connectivity index is 0.000000212. The molecule has 5 nitrogen and oxygen atoms in total. The molecule has 1 fully saturated rings. The third-order valence-electron chi connectivity index (χ3n) is 4.18. The van der Waals surface area contributed by atoms with E-state index < -0.39 is 0 Å². The van der Waals surface area contributed by atoms with Crippen LogP contribution in [0.2, 0.25) is 0 Å². The van der Waals surface area contributed by atoms with Crippen LogP contribution in [0.25, 0.3) is 0 Å². The van der Waals surface area contributed by atoms with Gasteiger partial charge < -0.3 is 15.2 Å². The fraction of sp³-hybridized carbons (Fsp3) is 0.611. The summed E-state index contributed by atoms with van der Waals surface area (Å²) in [4.78, 5) is 10.8. The van der Waals surface area contributed by atoms with Crippen molar-refractivity contribution in [3.63, 3.8) is 0 Å². The minimum atomic E-state index is -0.251. The van der Waals surface area contributed by atoms with Gasteiger partial charge in [-0.3, -0.25) is 4.79 Å². The van der Waals surface area contributed by atoms with E-state index in [2.05, 4.69) is 6.07 Å². The number of rotatable bonds is 0. The lowest BCUT2D eigenvalue weighted by Gasteiger charge is -2.32. The van der Waals surface area contributed by atoms with E-state index >= 15 is 0 Å². The van der Waals surface area contributed by atoms with Gasteiger partial charge in [0.15, 0.2) is 0 Å². The maximum atomic E-state index is 10.8. The zero-order chi connectivity index (χ0) is 18.8. The third kappa shape index (κ3) is 5.08. The van der Waals surface area contributed by atoms with Crippen molar-refractivity contribution in [2.24, 2.45) is 0 Å². The Hall–Kier alpha value is -1.33. The molecule has 25 heavy (non-hydrogen) atoms. The van der Waals surface area contributed by atoms with Gasteiger partial charge in [-0.2, -0.15) is 5.26 Å². The van der Waals surface area contributed by atoms with E-state index in [-0.39, 0.29) is 11.2 Å². The maximum Gasteiger partial charge on any atom is 0.138 e. The molecule has 1 aromatic heterocycles. The van der Waals surface area contributed by atoms with Gasteiger partial charge in [-0.1, -0.05) is 12.2 Å². The Morgan fingerprint density at radius 3 is 2.32 bits per heavy atom. The number of carbonyl (C=O) groups is 1. The molecule has 1 aromatic rings. The van der Waals surface area contributed by atoms with Crippen LogP contribution in [0.4, 0.5) is 5.00 Å². The Labute approximate surface area is 157 Å². The monoisotopic (exact) mass is 380 g/mol. The molecule has 0 atom stereocenters. The van der Waals surface area contributed by atoms with Crippen molar-refractivity contribution in [3.05, 3.63) is 20.5 Å². The number of nitrogen functional groups attached to an aromatic ring is 1. The predicted molar refractivity (Wildman–Crippen MR) is 101 cm³/mol. The number of anilines is 1. The molecule has 0 saturated carbocycles. The Kier molecular flexibility index (Phi) is 6.00. The van der Waals surface area contributed by atoms with Crippen LogP contribution in [0.5, 0.6) is 0 Å². The molecule has 0 aromatic carbocycles. The van der Waals surface area contributed by atoms with Crippen molar-refractivity contribution in [2.75, 3.05) is 12.3 Å². The lowest BCUT2D eigenvalue weighted by molar-refractivity contribution is -0.135. The van der Waals surface area contributed by atoms with E-state index in [9.17, 15) is 4.79 Å². The number of carbonyl (C=O) groups excluding carboxylic acids is 1. The van der Waals surface area contributed by atoms with Gasteiger partial charge in [-0.05, 0) is 33.3 Å². The van der Waals surface area contributed by atoms with Gasteiger partial charge in [0.1, 0.15) is 16.9 Å². The van der Waals surface area contributed by atoms with Crippen LogP contribution in [0, 0.1) is 15.2 Å². The third-order valence-corrected chi connectivity index (χ3v) is 5.53. The second-order valence-electron chi connectivity index (χ2n) is 7.50. The smallest absolute Gasteiger partial charge is 0.138 e. The summed E-state index contributed by atoms with van der Waals surface area (Å²) in [5.74, 6) is 0.325. The highest BCUT2D eigenvalue weighted by Crippen LogP contribution is 2.35. The van der Waals surface area contributed by atoms with E-state index in [1.807, 2.05) is 27.7 Å². The van der Waals surface area contributed by atoms with Crippen LogP contribution in [0.3, 0.4) is 0 Å². The number of fused-ring (bicyclic) bond motifs is 1. The SMILES string of the molecule is CC1(C)CC(=O)CCO1.CC1(C)Cc2c(C#N)c(N)sc(=S)c2CO1. The molecule has 0 spiro atoms. The van der Waals surface area contributed by atoms with Crippen LogP contribution < -0.4 is 5.73 Å².